The molecule has 2 fully saturated rings. The average molecular weight is 411 g/mol. The summed E-state index contributed by atoms with van der Waals surface area (Å²) in [4.78, 5) is 27.3. The summed E-state index contributed by atoms with van der Waals surface area (Å²) in [6.45, 7) is 1.47. The Balaban J connectivity index is 1.47. The molecule has 4 rings (SSSR count). The summed E-state index contributed by atoms with van der Waals surface area (Å²) in [5.74, 6) is 1.57. The second-order valence-corrected chi connectivity index (χ2v) is 8.27. The highest BCUT2D eigenvalue weighted by atomic mass is 16.5. The number of rotatable bonds is 5. The summed E-state index contributed by atoms with van der Waals surface area (Å²) < 4.78 is 6.59. The van der Waals surface area contributed by atoms with E-state index in [0.29, 0.717) is 18.3 Å². The first-order valence-corrected chi connectivity index (χ1v) is 10.9. The molecule has 1 amide bonds. The molecule has 0 spiro atoms. The van der Waals surface area contributed by atoms with Crippen LogP contribution in [0, 0.1) is 5.92 Å². The van der Waals surface area contributed by atoms with E-state index in [1.807, 2.05) is 24.3 Å². The first kappa shape index (κ1) is 20.4. The Morgan fingerprint density at radius 3 is 2.53 bits per heavy atom. The Bertz CT molecular complexity index is 919. The van der Waals surface area contributed by atoms with E-state index >= 15 is 0 Å². The van der Waals surface area contributed by atoms with Crippen LogP contribution in [0.2, 0.25) is 0 Å². The van der Waals surface area contributed by atoms with E-state index in [2.05, 4.69) is 15.3 Å². The number of aromatic nitrogens is 2. The van der Waals surface area contributed by atoms with Crippen LogP contribution in [0.3, 0.4) is 0 Å². The predicted molar refractivity (Wildman–Crippen MR) is 116 cm³/mol. The van der Waals surface area contributed by atoms with Crippen LogP contribution < -0.4 is 20.5 Å². The number of carbonyl (C=O) groups excluding carboxylic acids is 1. The third kappa shape index (κ3) is 4.66. The zero-order valence-electron chi connectivity index (χ0n) is 17.5. The largest absolute Gasteiger partial charge is 0.497 e. The molecular weight excluding hydrogens is 380 g/mol. The fraction of sp³-hybridized carbons (Fsp3) is 0.522. The third-order valence-electron chi connectivity index (χ3n) is 6.17. The van der Waals surface area contributed by atoms with Crippen molar-refractivity contribution < 1.29 is 9.53 Å². The van der Waals surface area contributed by atoms with Gasteiger partial charge in [0.25, 0.3) is 5.56 Å². The monoisotopic (exact) mass is 410 g/mol. The molecule has 7 heteroatoms. The van der Waals surface area contributed by atoms with Crippen molar-refractivity contribution >= 4 is 11.7 Å². The van der Waals surface area contributed by atoms with Crippen molar-refractivity contribution in [3.8, 4) is 11.4 Å². The molecule has 1 atom stereocenters. The molecule has 1 saturated heterocycles. The predicted octanol–water partition coefficient (Wildman–Crippen LogP) is 2.91. The molecule has 1 N–H and O–H groups in total. The molecule has 0 radical (unpaired) electrons. The fourth-order valence-electron chi connectivity index (χ4n) is 4.44. The van der Waals surface area contributed by atoms with Crippen LogP contribution in [-0.2, 0) is 4.79 Å². The lowest BCUT2D eigenvalue weighted by Gasteiger charge is -2.34. The summed E-state index contributed by atoms with van der Waals surface area (Å²) in [6.07, 6.45) is 7.71. The second kappa shape index (κ2) is 9.32. The van der Waals surface area contributed by atoms with Crippen LogP contribution >= 0.6 is 0 Å². The Labute approximate surface area is 177 Å². The number of anilines is 1. The standard InChI is InChI=1S/C23H30N4O3/c1-30-20-11-9-19(10-12-20)27-22(28)14-13-21(25-27)26-15-5-6-17(16-26)23(29)24-18-7-3-2-4-8-18/h9-14,17-18H,2-8,15-16H2,1H3,(H,24,29)/t17-/m0/s1. The van der Waals surface area contributed by atoms with E-state index in [4.69, 9.17) is 4.74 Å². The van der Waals surface area contributed by atoms with Gasteiger partial charge < -0.3 is 15.0 Å². The summed E-state index contributed by atoms with van der Waals surface area (Å²) in [5, 5.41) is 7.85. The van der Waals surface area contributed by atoms with Crippen molar-refractivity contribution in [2.75, 3.05) is 25.1 Å². The van der Waals surface area contributed by atoms with Gasteiger partial charge in [-0.25, -0.2) is 0 Å². The molecule has 7 nitrogen and oxygen atoms in total. The van der Waals surface area contributed by atoms with Gasteiger partial charge in [-0.1, -0.05) is 19.3 Å². The molecule has 2 aromatic rings. The molecule has 30 heavy (non-hydrogen) atoms. The highest BCUT2D eigenvalue weighted by Crippen LogP contribution is 2.23. The fourth-order valence-corrected chi connectivity index (χ4v) is 4.44. The number of ether oxygens (including phenoxy) is 1. The van der Waals surface area contributed by atoms with Crippen LogP contribution in [-0.4, -0.2) is 41.9 Å². The van der Waals surface area contributed by atoms with Crippen LogP contribution in [0.1, 0.15) is 44.9 Å². The molecule has 160 valence electrons. The Morgan fingerprint density at radius 2 is 1.80 bits per heavy atom. The SMILES string of the molecule is COc1ccc(-n2nc(N3CCC[C@H](C(=O)NC4CCCCC4)C3)ccc2=O)cc1. The van der Waals surface area contributed by atoms with Gasteiger partial charge >= 0.3 is 0 Å². The molecular formula is C23H30N4O3. The van der Waals surface area contributed by atoms with E-state index in [1.54, 1.807) is 13.2 Å². The van der Waals surface area contributed by atoms with E-state index in [9.17, 15) is 9.59 Å². The highest BCUT2D eigenvalue weighted by Gasteiger charge is 2.28. The van der Waals surface area contributed by atoms with Gasteiger partial charge in [-0.3, -0.25) is 9.59 Å². The zero-order valence-corrected chi connectivity index (χ0v) is 17.5. The van der Waals surface area contributed by atoms with Crippen molar-refractivity contribution in [1.82, 2.24) is 15.1 Å². The van der Waals surface area contributed by atoms with E-state index in [-0.39, 0.29) is 17.4 Å². The molecule has 0 unspecified atom stereocenters. The maximum Gasteiger partial charge on any atom is 0.271 e. The van der Waals surface area contributed by atoms with Gasteiger partial charge in [0.2, 0.25) is 5.91 Å². The van der Waals surface area contributed by atoms with Crippen LogP contribution in [0.4, 0.5) is 5.82 Å². The van der Waals surface area contributed by atoms with Gasteiger partial charge in [-0.2, -0.15) is 4.68 Å². The lowest BCUT2D eigenvalue weighted by atomic mass is 9.93. The van der Waals surface area contributed by atoms with Crippen LogP contribution in [0.5, 0.6) is 5.75 Å². The third-order valence-corrected chi connectivity index (χ3v) is 6.17. The van der Waals surface area contributed by atoms with Crippen LogP contribution in [0.25, 0.3) is 5.69 Å². The van der Waals surface area contributed by atoms with Crippen molar-refractivity contribution in [3.63, 3.8) is 0 Å². The number of piperidine rings is 1. The Morgan fingerprint density at radius 1 is 1.03 bits per heavy atom. The van der Waals surface area contributed by atoms with Gasteiger partial charge in [-0.15, -0.1) is 5.10 Å². The molecule has 1 aliphatic carbocycles. The minimum absolute atomic E-state index is 0.0381. The number of hydrogen-bond donors (Lipinski definition) is 1. The summed E-state index contributed by atoms with van der Waals surface area (Å²) in [6, 6.07) is 10.9. The molecule has 1 aromatic heterocycles. The minimum Gasteiger partial charge on any atom is -0.497 e. The average Bonchev–Trinajstić information content (AvgIpc) is 2.80. The molecule has 2 aliphatic rings. The maximum absolute atomic E-state index is 12.8. The zero-order chi connectivity index (χ0) is 20.9. The van der Waals surface area contributed by atoms with Gasteiger partial charge in [0.05, 0.1) is 18.7 Å². The number of hydrogen-bond acceptors (Lipinski definition) is 5. The molecule has 1 saturated carbocycles. The Kier molecular flexibility index (Phi) is 6.35. The maximum atomic E-state index is 12.8. The van der Waals surface area contributed by atoms with E-state index in [0.717, 1.165) is 43.8 Å². The van der Waals surface area contributed by atoms with E-state index < -0.39 is 0 Å². The van der Waals surface area contributed by atoms with Crippen molar-refractivity contribution in [2.45, 2.75) is 51.0 Å². The normalized spacial score (nSPS) is 20.0. The lowest BCUT2D eigenvalue weighted by Crippen LogP contribution is -2.46. The summed E-state index contributed by atoms with van der Waals surface area (Å²) in [7, 11) is 1.61. The quantitative estimate of drug-likeness (QED) is 0.820. The molecule has 0 bridgehead atoms. The Hall–Kier alpha value is -2.83. The summed E-state index contributed by atoms with van der Waals surface area (Å²) in [5.41, 5.74) is 0.499. The summed E-state index contributed by atoms with van der Waals surface area (Å²) >= 11 is 0. The van der Waals surface area contributed by atoms with Crippen molar-refractivity contribution in [2.24, 2.45) is 5.92 Å². The molecule has 1 aromatic carbocycles. The van der Waals surface area contributed by atoms with Gasteiger partial charge in [0, 0.05) is 25.2 Å². The molecule has 2 heterocycles. The lowest BCUT2D eigenvalue weighted by molar-refractivity contribution is -0.126. The number of nitrogens with one attached hydrogen (secondary N) is 1. The number of methoxy groups -OCH3 is 1. The van der Waals surface area contributed by atoms with Crippen molar-refractivity contribution in [1.29, 1.82) is 0 Å². The highest BCUT2D eigenvalue weighted by molar-refractivity contribution is 5.79. The van der Waals surface area contributed by atoms with Crippen LogP contribution in [0.15, 0.2) is 41.2 Å². The first-order chi connectivity index (χ1) is 14.6. The number of amides is 1. The first-order valence-electron chi connectivity index (χ1n) is 10.9. The van der Waals surface area contributed by atoms with Gasteiger partial charge in [0.1, 0.15) is 11.6 Å². The topological polar surface area (TPSA) is 76.5 Å². The number of carbonyl (C=O) groups is 1. The smallest absolute Gasteiger partial charge is 0.271 e. The van der Waals surface area contributed by atoms with Gasteiger partial charge in [-0.05, 0) is 56.0 Å². The second-order valence-electron chi connectivity index (χ2n) is 8.27. The van der Waals surface area contributed by atoms with Gasteiger partial charge in [0.15, 0.2) is 0 Å². The van der Waals surface area contributed by atoms with E-state index in [1.165, 1.54) is 30.0 Å². The molecule has 1 aliphatic heterocycles. The number of benzene rings is 1. The minimum atomic E-state index is -0.187. The number of nitrogens with zero attached hydrogens (tertiary/aromatic N) is 3. The van der Waals surface area contributed by atoms with Crippen molar-refractivity contribution in [3.05, 3.63) is 46.8 Å².